The summed E-state index contributed by atoms with van der Waals surface area (Å²) in [5, 5.41) is 23.3. The maximum atomic E-state index is 2.42. The van der Waals surface area contributed by atoms with Crippen molar-refractivity contribution in [3.8, 4) is 22.3 Å². The average molecular weight is 655 g/mol. The number of rotatable bonds is 2. The summed E-state index contributed by atoms with van der Waals surface area (Å²) in [4.78, 5) is 0. The molecule has 0 aliphatic heterocycles. The van der Waals surface area contributed by atoms with E-state index in [-0.39, 0.29) is 0 Å². The highest BCUT2D eigenvalue weighted by Crippen LogP contribution is 2.46. The lowest BCUT2D eigenvalue weighted by Gasteiger charge is -2.19. The zero-order chi connectivity index (χ0) is 33.9. The molecule has 0 heterocycles. The van der Waals surface area contributed by atoms with Gasteiger partial charge < -0.3 is 0 Å². The summed E-state index contributed by atoms with van der Waals surface area (Å²) in [5.41, 5.74) is 5.12. The molecule has 0 spiro atoms. The van der Waals surface area contributed by atoms with Gasteiger partial charge in [0.15, 0.2) is 0 Å². The van der Waals surface area contributed by atoms with E-state index >= 15 is 0 Å². The van der Waals surface area contributed by atoms with Gasteiger partial charge in [0.05, 0.1) is 0 Å². The molecule has 0 unspecified atom stereocenters. The van der Waals surface area contributed by atoms with Crippen LogP contribution in [0.15, 0.2) is 182 Å². The fourth-order valence-electron chi connectivity index (χ4n) is 9.31. The molecular weight excluding hydrogens is 625 g/mol. The van der Waals surface area contributed by atoms with Crippen LogP contribution < -0.4 is 0 Å². The third-order valence-corrected chi connectivity index (χ3v) is 11.7. The zero-order valence-electron chi connectivity index (χ0n) is 28.3. The van der Waals surface area contributed by atoms with E-state index in [0.29, 0.717) is 0 Å². The van der Waals surface area contributed by atoms with Gasteiger partial charge in [0.1, 0.15) is 0 Å². The summed E-state index contributed by atoms with van der Waals surface area (Å²) < 4.78 is 0. The largest absolute Gasteiger partial charge is 0.0616 e. The van der Waals surface area contributed by atoms with E-state index in [4.69, 9.17) is 0 Å². The highest BCUT2D eigenvalue weighted by molar-refractivity contribution is 6.30. The van der Waals surface area contributed by atoms with E-state index < -0.39 is 0 Å². The topological polar surface area (TPSA) is 0 Å². The lowest BCUT2D eigenvalue weighted by molar-refractivity contribution is 1.71. The van der Waals surface area contributed by atoms with Crippen molar-refractivity contribution < 1.29 is 0 Å². The fourth-order valence-corrected chi connectivity index (χ4v) is 9.31. The van der Waals surface area contributed by atoms with Crippen LogP contribution in [0.5, 0.6) is 0 Å². The fraction of sp³-hybridized carbons (Fsp3) is 0. The van der Waals surface area contributed by atoms with Gasteiger partial charge in [-0.1, -0.05) is 146 Å². The van der Waals surface area contributed by atoms with E-state index in [0.717, 1.165) is 0 Å². The second-order valence-corrected chi connectivity index (χ2v) is 14.4. The molecule has 0 aromatic heterocycles. The Labute approximate surface area is 300 Å². The van der Waals surface area contributed by atoms with E-state index in [1.165, 1.54) is 119 Å². The molecule has 0 nitrogen and oxygen atoms in total. The molecule has 0 atom stereocenters. The standard InChI is InChI=1S/C52H30/c1-3-11-35-27-47-37(25-33(35)9-1)29-49(41-15-7-5-13-39(41)47)43-21-17-31-20-24-46-44(22-18-32-19-23-45(43)51(31)52(32)46)50-30-38-26-34-10-2-4-12-36(34)28-48(38)40-14-6-8-16-42(40)50/h1-30H. The Kier molecular flexibility index (Phi) is 5.59. The van der Waals surface area contributed by atoms with Crippen LogP contribution in [0, 0.1) is 0 Å². The van der Waals surface area contributed by atoms with Crippen molar-refractivity contribution in [1.29, 1.82) is 0 Å². The van der Waals surface area contributed by atoms with Crippen LogP contribution in [0.4, 0.5) is 0 Å². The molecule has 12 aromatic carbocycles. The van der Waals surface area contributed by atoms with E-state index in [2.05, 4.69) is 182 Å². The van der Waals surface area contributed by atoms with Crippen LogP contribution in [0.25, 0.3) is 119 Å². The summed E-state index contributed by atoms with van der Waals surface area (Å²) in [6, 6.07) is 68.3. The first kappa shape index (κ1) is 28.0. The van der Waals surface area contributed by atoms with Crippen LogP contribution in [-0.4, -0.2) is 0 Å². The highest BCUT2D eigenvalue weighted by Gasteiger charge is 2.18. The first-order valence-electron chi connectivity index (χ1n) is 18.2. The molecule has 238 valence electrons. The van der Waals surface area contributed by atoms with Crippen LogP contribution in [0.2, 0.25) is 0 Å². The third kappa shape index (κ3) is 3.87. The van der Waals surface area contributed by atoms with Crippen molar-refractivity contribution in [3.63, 3.8) is 0 Å². The normalized spacial score (nSPS) is 12.2. The van der Waals surface area contributed by atoms with Crippen molar-refractivity contribution in [2.24, 2.45) is 0 Å². The van der Waals surface area contributed by atoms with Crippen LogP contribution >= 0.6 is 0 Å². The monoisotopic (exact) mass is 654 g/mol. The van der Waals surface area contributed by atoms with E-state index in [1.807, 2.05) is 0 Å². The van der Waals surface area contributed by atoms with E-state index in [1.54, 1.807) is 0 Å². The first-order chi connectivity index (χ1) is 25.8. The molecule has 12 aromatic rings. The van der Waals surface area contributed by atoms with Gasteiger partial charge >= 0.3 is 0 Å². The van der Waals surface area contributed by atoms with Crippen molar-refractivity contribution in [2.75, 3.05) is 0 Å². The van der Waals surface area contributed by atoms with Crippen molar-refractivity contribution in [3.05, 3.63) is 182 Å². The van der Waals surface area contributed by atoms with E-state index in [9.17, 15) is 0 Å². The summed E-state index contributed by atoms with van der Waals surface area (Å²) in [6.45, 7) is 0. The molecule has 0 fully saturated rings. The highest BCUT2D eigenvalue weighted by atomic mass is 14.2. The quantitative estimate of drug-likeness (QED) is 0.129. The summed E-state index contributed by atoms with van der Waals surface area (Å²) in [6.07, 6.45) is 0. The van der Waals surface area contributed by atoms with Gasteiger partial charge in [-0.25, -0.2) is 0 Å². The minimum absolute atomic E-state index is 1.27. The lowest BCUT2D eigenvalue weighted by atomic mass is 9.84. The molecule has 0 amide bonds. The smallest absolute Gasteiger partial charge is 0.00203 e. The van der Waals surface area contributed by atoms with Gasteiger partial charge in [-0.2, -0.15) is 0 Å². The second-order valence-electron chi connectivity index (χ2n) is 14.4. The second kappa shape index (κ2) is 10.4. The van der Waals surface area contributed by atoms with Crippen LogP contribution in [0.3, 0.4) is 0 Å². The maximum absolute atomic E-state index is 2.42. The number of fused-ring (bicyclic) bond motifs is 8. The van der Waals surface area contributed by atoms with Gasteiger partial charge in [0.25, 0.3) is 0 Å². The Bertz CT molecular complexity index is 3220. The van der Waals surface area contributed by atoms with Crippen molar-refractivity contribution in [2.45, 2.75) is 0 Å². The third-order valence-electron chi connectivity index (χ3n) is 11.7. The molecule has 0 saturated heterocycles. The maximum Gasteiger partial charge on any atom is -0.00203 e. The minimum Gasteiger partial charge on any atom is -0.0616 e. The summed E-state index contributed by atoms with van der Waals surface area (Å²) in [7, 11) is 0. The van der Waals surface area contributed by atoms with Crippen molar-refractivity contribution in [1.82, 2.24) is 0 Å². The van der Waals surface area contributed by atoms with Gasteiger partial charge in [0.2, 0.25) is 0 Å². The molecule has 0 saturated carbocycles. The summed E-state index contributed by atoms with van der Waals surface area (Å²) in [5.74, 6) is 0. The van der Waals surface area contributed by atoms with Gasteiger partial charge in [-0.15, -0.1) is 0 Å². The predicted octanol–water partition coefficient (Wildman–Crippen LogP) is 14.8. The lowest BCUT2D eigenvalue weighted by Crippen LogP contribution is -1.91. The Morgan fingerprint density at radius 2 is 0.538 bits per heavy atom. The predicted molar refractivity (Wildman–Crippen MR) is 226 cm³/mol. The molecule has 0 radical (unpaired) electrons. The Morgan fingerprint density at radius 3 is 0.981 bits per heavy atom. The van der Waals surface area contributed by atoms with Crippen LogP contribution in [0.1, 0.15) is 0 Å². The number of hydrogen-bond donors (Lipinski definition) is 0. The number of hydrogen-bond acceptors (Lipinski definition) is 0. The number of benzene rings is 12. The molecule has 12 rings (SSSR count). The average Bonchev–Trinajstić information content (AvgIpc) is 3.21. The molecule has 0 bridgehead atoms. The van der Waals surface area contributed by atoms with Gasteiger partial charge in [-0.05, 0) is 156 Å². The zero-order valence-corrected chi connectivity index (χ0v) is 28.3. The minimum atomic E-state index is 1.27. The van der Waals surface area contributed by atoms with Gasteiger partial charge in [0, 0.05) is 0 Å². The SMILES string of the molecule is c1ccc2cc3c(cc(-c4ccc5ccc6c(-c7cc8cc9ccccc9cc8c8ccccc78)ccc7ccc4c5c76)c4ccccc43)cc2c1. The Hall–Kier alpha value is -6.76. The first-order valence-corrected chi connectivity index (χ1v) is 18.2. The van der Waals surface area contributed by atoms with Crippen LogP contribution in [-0.2, 0) is 0 Å². The Morgan fingerprint density at radius 1 is 0.173 bits per heavy atom. The molecular formula is C52H30. The molecule has 52 heavy (non-hydrogen) atoms. The molecule has 0 aliphatic rings. The van der Waals surface area contributed by atoms with Crippen molar-refractivity contribution >= 4 is 97.0 Å². The molecule has 0 aliphatic carbocycles. The summed E-state index contributed by atoms with van der Waals surface area (Å²) >= 11 is 0. The molecule has 0 heteroatoms. The molecule has 0 N–H and O–H groups in total. The Balaban J connectivity index is 1.15. The van der Waals surface area contributed by atoms with Gasteiger partial charge in [-0.3, -0.25) is 0 Å².